The summed E-state index contributed by atoms with van der Waals surface area (Å²) >= 11 is 0. The molecule has 114 valence electrons. The van der Waals surface area contributed by atoms with Gasteiger partial charge in [0, 0.05) is 18.0 Å². The fourth-order valence-corrected chi connectivity index (χ4v) is 2.78. The van der Waals surface area contributed by atoms with E-state index in [2.05, 4.69) is 12.1 Å². The van der Waals surface area contributed by atoms with Gasteiger partial charge in [0.2, 0.25) is 5.78 Å². The predicted octanol–water partition coefficient (Wildman–Crippen LogP) is 3.23. The molecule has 0 spiro atoms. The molecule has 1 fully saturated rings. The summed E-state index contributed by atoms with van der Waals surface area (Å²) in [4.78, 5) is 26.7. The minimum absolute atomic E-state index is 0.163. The van der Waals surface area contributed by atoms with Crippen LogP contribution in [0.15, 0.2) is 30.3 Å². The molecular formula is C18H25NO2. The van der Waals surface area contributed by atoms with Gasteiger partial charge in [0.25, 0.3) is 5.91 Å². The van der Waals surface area contributed by atoms with Crippen molar-refractivity contribution in [1.29, 1.82) is 0 Å². The summed E-state index contributed by atoms with van der Waals surface area (Å²) in [5, 5.41) is 0. The lowest BCUT2D eigenvalue weighted by molar-refractivity contribution is -0.149. The van der Waals surface area contributed by atoms with E-state index in [-0.39, 0.29) is 17.7 Å². The SMILES string of the molecule is CCC(C)(C)C(=O)C(=O)N1CCC[C@H]1Cc1ccccc1. The highest BCUT2D eigenvalue weighted by Crippen LogP contribution is 2.26. The van der Waals surface area contributed by atoms with Crippen LogP contribution in [-0.2, 0) is 16.0 Å². The molecule has 1 aromatic rings. The number of carbonyl (C=O) groups is 2. The Bertz CT molecular complexity index is 507. The third kappa shape index (κ3) is 3.52. The third-order valence-electron chi connectivity index (χ3n) is 4.64. The fraction of sp³-hybridized carbons (Fsp3) is 0.556. The number of nitrogens with zero attached hydrogens (tertiary/aromatic N) is 1. The molecule has 21 heavy (non-hydrogen) atoms. The molecule has 1 aromatic carbocycles. The molecule has 1 aliphatic heterocycles. The zero-order valence-electron chi connectivity index (χ0n) is 13.3. The number of ketones is 1. The summed E-state index contributed by atoms with van der Waals surface area (Å²) in [6.07, 6.45) is 3.50. The zero-order chi connectivity index (χ0) is 15.5. The van der Waals surface area contributed by atoms with Crippen molar-refractivity contribution < 1.29 is 9.59 Å². The van der Waals surface area contributed by atoms with Crippen LogP contribution < -0.4 is 0 Å². The van der Waals surface area contributed by atoms with Gasteiger partial charge in [-0.05, 0) is 31.2 Å². The molecule has 1 atom stereocenters. The van der Waals surface area contributed by atoms with Crippen LogP contribution >= 0.6 is 0 Å². The fourth-order valence-electron chi connectivity index (χ4n) is 2.78. The summed E-state index contributed by atoms with van der Waals surface area (Å²) in [7, 11) is 0. The van der Waals surface area contributed by atoms with E-state index in [1.807, 2.05) is 39.0 Å². The van der Waals surface area contributed by atoms with Gasteiger partial charge in [0.15, 0.2) is 0 Å². The molecule has 1 heterocycles. The van der Waals surface area contributed by atoms with Crippen LogP contribution in [0.4, 0.5) is 0 Å². The quantitative estimate of drug-likeness (QED) is 0.780. The monoisotopic (exact) mass is 287 g/mol. The average molecular weight is 287 g/mol. The summed E-state index contributed by atoms with van der Waals surface area (Å²) in [6, 6.07) is 10.4. The summed E-state index contributed by atoms with van der Waals surface area (Å²) in [6.45, 7) is 6.38. The van der Waals surface area contributed by atoms with Crippen LogP contribution in [0, 0.1) is 5.41 Å². The molecule has 0 unspecified atom stereocenters. The van der Waals surface area contributed by atoms with E-state index >= 15 is 0 Å². The topological polar surface area (TPSA) is 37.4 Å². The van der Waals surface area contributed by atoms with Crippen molar-refractivity contribution in [1.82, 2.24) is 4.90 Å². The van der Waals surface area contributed by atoms with E-state index in [0.29, 0.717) is 13.0 Å². The third-order valence-corrected chi connectivity index (χ3v) is 4.64. The van der Waals surface area contributed by atoms with Crippen LogP contribution in [0.25, 0.3) is 0 Å². The number of hydrogen-bond donors (Lipinski definition) is 0. The lowest BCUT2D eigenvalue weighted by Gasteiger charge is -2.28. The van der Waals surface area contributed by atoms with Crippen LogP contribution in [0.2, 0.25) is 0 Å². The van der Waals surface area contributed by atoms with Crippen molar-refractivity contribution in [3.8, 4) is 0 Å². The number of amides is 1. The second-order valence-corrected chi connectivity index (χ2v) is 6.55. The lowest BCUT2D eigenvalue weighted by atomic mass is 9.84. The zero-order valence-corrected chi connectivity index (χ0v) is 13.3. The van der Waals surface area contributed by atoms with E-state index in [0.717, 1.165) is 19.3 Å². The highest BCUT2D eigenvalue weighted by Gasteiger charge is 2.38. The Hall–Kier alpha value is -1.64. The van der Waals surface area contributed by atoms with Crippen molar-refractivity contribution in [3.63, 3.8) is 0 Å². The van der Waals surface area contributed by atoms with Crippen LogP contribution in [-0.4, -0.2) is 29.2 Å². The summed E-state index contributed by atoms with van der Waals surface area (Å²) < 4.78 is 0. The van der Waals surface area contributed by atoms with Crippen molar-refractivity contribution in [2.75, 3.05) is 6.54 Å². The number of likely N-dealkylation sites (tertiary alicyclic amines) is 1. The minimum atomic E-state index is -0.559. The molecule has 1 aliphatic rings. The first-order valence-corrected chi connectivity index (χ1v) is 7.85. The largest absolute Gasteiger partial charge is 0.333 e. The van der Waals surface area contributed by atoms with E-state index < -0.39 is 5.41 Å². The standard InChI is InChI=1S/C18H25NO2/c1-4-18(2,3)16(20)17(21)19-12-8-11-15(19)13-14-9-6-5-7-10-14/h5-7,9-10,15H,4,8,11-13H2,1-3H3/t15-/m0/s1. The first kappa shape index (κ1) is 15.7. The lowest BCUT2D eigenvalue weighted by Crippen LogP contribution is -2.45. The normalized spacial score (nSPS) is 18.8. The molecule has 1 amide bonds. The average Bonchev–Trinajstić information content (AvgIpc) is 2.94. The second kappa shape index (κ2) is 6.42. The Labute approximate surface area is 127 Å². The van der Waals surface area contributed by atoms with Gasteiger partial charge in [-0.2, -0.15) is 0 Å². The van der Waals surface area contributed by atoms with E-state index in [1.54, 1.807) is 4.90 Å². The summed E-state index contributed by atoms with van der Waals surface area (Å²) in [5.41, 5.74) is 0.668. The Morgan fingerprint density at radius 2 is 1.90 bits per heavy atom. The maximum absolute atomic E-state index is 12.5. The van der Waals surface area contributed by atoms with Gasteiger partial charge >= 0.3 is 0 Å². The highest BCUT2D eigenvalue weighted by molar-refractivity contribution is 6.38. The van der Waals surface area contributed by atoms with Gasteiger partial charge in [-0.25, -0.2) is 0 Å². The van der Waals surface area contributed by atoms with Gasteiger partial charge in [0.1, 0.15) is 0 Å². The molecular weight excluding hydrogens is 262 g/mol. The Balaban J connectivity index is 2.08. The maximum Gasteiger partial charge on any atom is 0.290 e. The van der Waals surface area contributed by atoms with Gasteiger partial charge in [-0.1, -0.05) is 51.1 Å². The van der Waals surface area contributed by atoms with E-state index in [4.69, 9.17) is 0 Å². The Morgan fingerprint density at radius 3 is 2.52 bits per heavy atom. The van der Waals surface area contributed by atoms with Crippen LogP contribution in [0.5, 0.6) is 0 Å². The Kier molecular flexibility index (Phi) is 4.81. The highest BCUT2D eigenvalue weighted by atomic mass is 16.2. The van der Waals surface area contributed by atoms with E-state index in [9.17, 15) is 9.59 Å². The molecule has 1 saturated heterocycles. The number of benzene rings is 1. The predicted molar refractivity (Wildman–Crippen MR) is 84.0 cm³/mol. The minimum Gasteiger partial charge on any atom is -0.333 e. The molecule has 0 aromatic heterocycles. The van der Waals surface area contributed by atoms with Gasteiger partial charge in [-0.15, -0.1) is 0 Å². The maximum atomic E-state index is 12.5. The number of hydrogen-bond acceptors (Lipinski definition) is 2. The molecule has 0 bridgehead atoms. The molecule has 3 nitrogen and oxygen atoms in total. The number of rotatable bonds is 5. The van der Waals surface area contributed by atoms with E-state index in [1.165, 1.54) is 5.56 Å². The van der Waals surface area contributed by atoms with Gasteiger partial charge in [-0.3, -0.25) is 9.59 Å². The van der Waals surface area contributed by atoms with Crippen molar-refractivity contribution in [2.24, 2.45) is 5.41 Å². The number of carbonyl (C=O) groups excluding carboxylic acids is 2. The van der Waals surface area contributed by atoms with Gasteiger partial charge in [0.05, 0.1) is 0 Å². The van der Waals surface area contributed by atoms with Crippen molar-refractivity contribution in [2.45, 2.75) is 52.5 Å². The molecule has 0 N–H and O–H groups in total. The molecule has 0 radical (unpaired) electrons. The van der Waals surface area contributed by atoms with Crippen molar-refractivity contribution in [3.05, 3.63) is 35.9 Å². The molecule has 3 heteroatoms. The first-order chi connectivity index (χ1) is 9.95. The second-order valence-electron chi connectivity index (χ2n) is 6.55. The van der Waals surface area contributed by atoms with Crippen LogP contribution in [0.1, 0.15) is 45.6 Å². The van der Waals surface area contributed by atoms with Crippen LogP contribution in [0.3, 0.4) is 0 Å². The molecule has 0 aliphatic carbocycles. The smallest absolute Gasteiger partial charge is 0.290 e. The molecule has 2 rings (SSSR count). The first-order valence-electron chi connectivity index (χ1n) is 7.85. The number of Topliss-reactive ketones (excluding diaryl/α,β-unsaturated/α-hetero) is 1. The Morgan fingerprint density at radius 1 is 1.24 bits per heavy atom. The van der Waals surface area contributed by atoms with Gasteiger partial charge < -0.3 is 4.90 Å². The van der Waals surface area contributed by atoms with Crippen molar-refractivity contribution >= 4 is 11.7 Å². The molecule has 0 saturated carbocycles. The summed E-state index contributed by atoms with van der Waals surface area (Å²) in [5.74, 6) is -0.537.